The van der Waals surface area contributed by atoms with Crippen molar-refractivity contribution in [3.63, 3.8) is 0 Å². The summed E-state index contributed by atoms with van der Waals surface area (Å²) in [5, 5.41) is 22.9. The van der Waals surface area contributed by atoms with Crippen molar-refractivity contribution < 1.29 is 15.0 Å². The van der Waals surface area contributed by atoms with Gasteiger partial charge in [0.15, 0.2) is 0 Å². The van der Waals surface area contributed by atoms with Crippen LogP contribution < -0.4 is 5.43 Å². The summed E-state index contributed by atoms with van der Waals surface area (Å²) in [5.74, 6) is -0.200. The highest BCUT2D eigenvalue weighted by Gasteiger charge is 2.06. The van der Waals surface area contributed by atoms with Gasteiger partial charge in [-0.2, -0.15) is 5.10 Å². The second kappa shape index (κ2) is 9.00. The molecule has 0 bridgehead atoms. The first kappa shape index (κ1) is 17.0. The van der Waals surface area contributed by atoms with Crippen LogP contribution in [-0.2, 0) is 4.79 Å². The molecule has 0 fully saturated rings. The Hall–Kier alpha value is -2.04. The van der Waals surface area contributed by atoms with Crippen LogP contribution in [0.3, 0.4) is 0 Å². The fraction of sp³-hybridized carbons (Fsp3) is 0.500. The summed E-state index contributed by atoms with van der Waals surface area (Å²) in [4.78, 5) is 11.6. The number of phenols is 2. The number of carbonyl (C=O) groups is 1. The van der Waals surface area contributed by atoms with Crippen molar-refractivity contribution in [1.29, 1.82) is 0 Å². The molecule has 5 heteroatoms. The van der Waals surface area contributed by atoms with E-state index >= 15 is 0 Å². The Kier molecular flexibility index (Phi) is 7.29. The Balaban J connectivity index is 2.42. The number of unbranched alkanes of at least 4 members (excludes halogenated alkanes) is 4. The van der Waals surface area contributed by atoms with E-state index in [1.165, 1.54) is 25.0 Å². The Labute approximate surface area is 125 Å². The molecular formula is C16H24N2O3. The summed E-state index contributed by atoms with van der Waals surface area (Å²) in [5.41, 5.74) is 3.46. The van der Waals surface area contributed by atoms with Gasteiger partial charge in [0.1, 0.15) is 11.5 Å². The lowest BCUT2D eigenvalue weighted by atomic mass is 10.1. The molecule has 0 aliphatic heterocycles. The van der Waals surface area contributed by atoms with Crippen LogP contribution in [0, 0.1) is 0 Å². The van der Waals surface area contributed by atoms with E-state index < -0.39 is 0 Å². The topological polar surface area (TPSA) is 81.9 Å². The highest BCUT2D eigenvalue weighted by molar-refractivity contribution is 6.01. The quantitative estimate of drug-likeness (QED) is 0.390. The maximum absolute atomic E-state index is 11.6. The molecule has 0 aromatic heterocycles. The summed E-state index contributed by atoms with van der Waals surface area (Å²) in [6.07, 6.45) is 5.94. The number of hydrogen-bond acceptors (Lipinski definition) is 4. The van der Waals surface area contributed by atoms with Crippen molar-refractivity contribution in [3.8, 4) is 11.5 Å². The van der Waals surface area contributed by atoms with E-state index in [1.54, 1.807) is 13.0 Å². The van der Waals surface area contributed by atoms with Gasteiger partial charge in [-0.15, -0.1) is 0 Å². The largest absolute Gasteiger partial charge is 0.508 e. The molecule has 0 atom stereocenters. The van der Waals surface area contributed by atoms with Crippen LogP contribution in [0.15, 0.2) is 23.3 Å². The van der Waals surface area contributed by atoms with Crippen molar-refractivity contribution in [2.45, 2.75) is 52.4 Å². The Morgan fingerprint density at radius 2 is 1.90 bits per heavy atom. The fourth-order valence-electron chi connectivity index (χ4n) is 1.98. The molecule has 0 aliphatic carbocycles. The summed E-state index contributed by atoms with van der Waals surface area (Å²) in [6.45, 7) is 3.84. The number of carbonyl (C=O) groups excluding carboxylic acids is 1. The first-order valence-electron chi connectivity index (χ1n) is 7.40. The molecule has 0 heterocycles. The van der Waals surface area contributed by atoms with E-state index in [1.807, 2.05) is 0 Å². The zero-order valence-electron chi connectivity index (χ0n) is 12.7. The standard InChI is InChI=1S/C16H24N2O3/c1-3-4-5-6-7-8-16(21)18-17-12(2)14-10-9-13(19)11-15(14)20/h9-11,19-20H,3-8H2,1-2H3,(H,18,21)/b17-12-. The first-order chi connectivity index (χ1) is 10.0. The molecule has 1 aromatic carbocycles. The predicted molar refractivity (Wildman–Crippen MR) is 83.5 cm³/mol. The van der Waals surface area contributed by atoms with Gasteiger partial charge >= 0.3 is 0 Å². The molecule has 0 radical (unpaired) electrons. The van der Waals surface area contributed by atoms with Crippen LogP contribution in [0.5, 0.6) is 11.5 Å². The number of aromatic hydroxyl groups is 2. The van der Waals surface area contributed by atoms with Crippen LogP contribution in [0.4, 0.5) is 0 Å². The molecule has 3 N–H and O–H groups in total. The highest BCUT2D eigenvalue weighted by atomic mass is 16.3. The monoisotopic (exact) mass is 292 g/mol. The van der Waals surface area contributed by atoms with Gasteiger partial charge < -0.3 is 10.2 Å². The lowest BCUT2D eigenvalue weighted by molar-refractivity contribution is -0.121. The van der Waals surface area contributed by atoms with E-state index in [2.05, 4.69) is 17.5 Å². The molecule has 21 heavy (non-hydrogen) atoms. The van der Waals surface area contributed by atoms with E-state index in [-0.39, 0.29) is 17.4 Å². The van der Waals surface area contributed by atoms with Crippen molar-refractivity contribution in [3.05, 3.63) is 23.8 Å². The zero-order chi connectivity index (χ0) is 15.7. The van der Waals surface area contributed by atoms with Gasteiger partial charge in [-0.05, 0) is 25.5 Å². The summed E-state index contributed by atoms with van der Waals surface area (Å²) in [6, 6.07) is 4.26. The molecule has 0 saturated heterocycles. The number of hydrogen-bond donors (Lipinski definition) is 3. The van der Waals surface area contributed by atoms with E-state index in [4.69, 9.17) is 0 Å². The zero-order valence-corrected chi connectivity index (χ0v) is 12.7. The molecule has 0 saturated carbocycles. The smallest absolute Gasteiger partial charge is 0.240 e. The van der Waals surface area contributed by atoms with Gasteiger partial charge in [-0.25, -0.2) is 5.43 Å². The van der Waals surface area contributed by atoms with Crippen molar-refractivity contribution >= 4 is 11.6 Å². The van der Waals surface area contributed by atoms with Gasteiger partial charge in [-0.3, -0.25) is 4.79 Å². The van der Waals surface area contributed by atoms with E-state index in [0.29, 0.717) is 17.7 Å². The lowest BCUT2D eigenvalue weighted by Gasteiger charge is -2.05. The minimum absolute atomic E-state index is 0.0137. The number of benzene rings is 1. The SMILES string of the molecule is CCCCCCCC(=O)N/N=C(/C)c1ccc(O)cc1O. The van der Waals surface area contributed by atoms with Crippen LogP contribution in [-0.4, -0.2) is 21.8 Å². The predicted octanol–water partition coefficient (Wildman–Crippen LogP) is 3.30. The molecule has 0 spiro atoms. The first-order valence-corrected chi connectivity index (χ1v) is 7.40. The Morgan fingerprint density at radius 1 is 1.19 bits per heavy atom. The van der Waals surface area contributed by atoms with Gasteiger partial charge in [0.05, 0.1) is 5.71 Å². The van der Waals surface area contributed by atoms with E-state index in [0.717, 1.165) is 19.3 Å². The minimum atomic E-state index is -0.121. The van der Waals surface area contributed by atoms with Gasteiger partial charge in [0.2, 0.25) is 5.91 Å². The fourth-order valence-corrected chi connectivity index (χ4v) is 1.98. The number of nitrogens with one attached hydrogen (secondary N) is 1. The summed E-state index contributed by atoms with van der Waals surface area (Å²) in [7, 11) is 0. The minimum Gasteiger partial charge on any atom is -0.508 e. The van der Waals surface area contributed by atoms with Gasteiger partial charge in [0.25, 0.3) is 0 Å². The lowest BCUT2D eigenvalue weighted by Crippen LogP contribution is -2.18. The average Bonchev–Trinajstić information content (AvgIpc) is 2.44. The third-order valence-corrected chi connectivity index (χ3v) is 3.23. The van der Waals surface area contributed by atoms with Crippen LogP contribution in [0.25, 0.3) is 0 Å². The Bertz CT molecular complexity index is 498. The average molecular weight is 292 g/mol. The number of phenolic OH excluding ortho intramolecular Hbond substituents is 2. The highest BCUT2D eigenvalue weighted by Crippen LogP contribution is 2.22. The van der Waals surface area contributed by atoms with Crippen LogP contribution in [0.2, 0.25) is 0 Å². The molecule has 0 unspecified atom stereocenters. The van der Waals surface area contributed by atoms with Crippen molar-refractivity contribution in [1.82, 2.24) is 5.43 Å². The number of rotatable bonds is 8. The number of amides is 1. The second-order valence-corrected chi connectivity index (χ2v) is 5.10. The maximum atomic E-state index is 11.6. The van der Waals surface area contributed by atoms with Crippen LogP contribution >= 0.6 is 0 Å². The molecule has 0 aliphatic rings. The second-order valence-electron chi connectivity index (χ2n) is 5.10. The third kappa shape index (κ3) is 6.29. The van der Waals surface area contributed by atoms with Crippen molar-refractivity contribution in [2.75, 3.05) is 0 Å². The molecule has 1 aromatic rings. The summed E-state index contributed by atoms with van der Waals surface area (Å²) >= 11 is 0. The van der Waals surface area contributed by atoms with E-state index in [9.17, 15) is 15.0 Å². The van der Waals surface area contributed by atoms with Gasteiger partial charge in [0, 0.05) is 18.1 Å². The number of nitrogens with zero attached hydrogens (tertiary/aromatic N) is 1. The summed E-state index contributed by atoms with van der Waals surface area (Å²) < 4.78 is 0. The molecule has 1 rings (SSSR count). The Morgan fingerprint density at radius 3 is 2.57 bits per heavy atom. The van der Waals surface area contributed by atoms with Crippen LogP contribution in [0.1, 0.15) is 57.9 Å². The van der Waals surface area contributed by atoms with Gasteiger partial charge in [-0.1, -0.05) is 32.6 Å². The molecular weight excluding hydrogens is 268 g/mol. The molecule has 1 amide bonds. The molecule has 5 nitrogen and oxygen atoms in total. The normalized spacial score (nSPS) is 11.4. The molecule has 116 valence electrons. The number of hydrazone groups is 1. The third-order valence-electron chi connectivity index (χ3n) is 3.23. The maximum Gasteiger partial charge on any atom is 0.240 e. The van der Waals surface area contributed by atoms with Crippen molar-refractivity contribution in [2.24, 2.45) is 5.10 Å².